The first kappa shape index (κ1) is 25.3. The van der Waals surface area contributed by atoms with E-state index in [1.807, 2.05) is 29.2 Å². The second kappa shape index (κ2) is 11.3. The van der Waals surface area contributed by atoms with Crippen LogP contribution < -0.4 is 14.4 Å². The molecule has 2 heterocycles. The number of piperidine rings is 1. The highest BCUT2D eigenvalue weighted by Gasteiger charge is 2.27. The van der Waals surface area contributed by atoms with Crippen LogP contribution in [0.25, 0.3) is 0 Å². The maximum absolute atomic E-state index is 13.1. The van der Waals surface area contributed by atoms with E-state index in [0.717, 1.165) is 49.4 Å². The quantitative estimate of drug-likeness (QED) is 0.553. The number of rotatable bonds is 8. The number of methoxy groups -OCH3 is 2. The summed E-state index contributed by atoms with van der Waals surface area (Å²) in [4.78, 5) is 17.4. The second-order valence-electron chi connectivity index (χ2n) is 9.00. The van der Waals surface area contributed by atoms with Crippen LogP contribution in [0.3, 0.4) is 0 Å². The van der Waals surface area contributed by atoms with Crippen molar-refractivity contribution in [2.45, 2.75) is 37.0 Å². The van der Waals surface area contributed by atoms with Gasteiger partial charge in [-0.25, -0.2) is 8.42 Å². The summed E-state index contributed by atoms with van der Waals surface area (Å²) >= 11 is 0. The molecule has 1 amide bonds. The molecule has 8 nitrogen and oxygen atoms in total. The van der Waals surface area contributed by atoms with Crippen molar-refractivity contribution in [2.24, 2.45) is 0 Å². The molecule has 0 aliphatic carbocycles. The maximum Gasteiger partial charge on any atom is 0.243 e. The van der Waals surface area contributed by atoms with Gasteiger partial charge < -0.3 is 19.3 Å². The summed E-state index contributed by atoms with van der Waals surface area (Å²) < 4.78 is 38.5. The normalized spacial score (nSPS) is 17.3. The Morgan fingerprint density at radius 3 is 2.17 bits per heavy atom. The molecule has 2 aliphatic heterocycles. The van der Waals surface area contributed by atoms with Crippen LogP contribution in [0.1, 0.15) is 31.2 Å². The molecule has 0 atom stereocenters. The molecule has 4 rings (SSSR count). The number of aryl methyl sites for hydroxylation is 1. The van der Waals surface area contributed by atoms with E-state index in [0.29, 0.717) is 44.8 Å². The number of benzene rings is 2. The van der Waals surface area contributed by atoms with Crippen LogP contribution >= 0.6 is 0 Å². The van der Waals surface area contributed by atoms with Crippen molar-refractivity contribution in [3.8, 4) is 11.5 Å². The Labute approximate surface area is 208 Å². The predicted molar refractivity (Wildman–Crippen MR) is 136 cm³/mol. The maximum atomic E-state index is 13.1. The number of hydrogen-bond acceptors (Lipinski definition) is 6. The number of ether oxygens (including phenoxy) is 2. The first-order chi connectivity index (χ1) is 16.9. The fourth-order valence-corrected chi connectivity index (χ4v) is 6.34. The van der Waals surface area contributed by atoms with Crippen LogP contribution in [-0.2, 0) is 21.2 Å². The highest BCUT2D eigenvalue weighted by molar-refractivity contribution is 7.89. The van der Waals surface area contributed by atoms with E-state index in [1.54, 1.807) is 36.7 Å². The summed E-state index contributed by atoms with van der Waals surface area (Å²) in [6.07, 6.45) is 3.59. The number of carbonyl (C=O) groups excluding carboxylic acids is 1. The van der Waals surface area contributed by atoms with Gasteiger partial charge in [-0.2, -0.15) is 4.31 Å². The number of sulfonamides is 1. The summed E-state index contributed by atoms with van der Waals surface area (Å²) in [5.74, 6) is 1.51. The fraction of sp³-hybridized carbons (Fsp3) is 0.500. The minimum Gasteiger partial charge on any atom is -0.497 e. The molecule has 0 saturated carbocycles. The Morgan fingerprint density at radius 1 is 0.857 bits per heavy atom. The third-order valence-electron chi connectivity index (χ3n) is 6.88. The van der Waals surface area contributed by atoms with Crippen molar-refractivity contribution in [3.05, 3.63) is 48.0 Å². The van der Waals surface area contributed by atoms with E-state index in [1.165, 1.54) is 0 Å². The molecular formula is C26H35N3O5S. The van der Waals surface area contributed by atoms with Gasteiger partial charge >= 0.3 is 0 Å². The number of amides is 1. The van der Waals surface area contributed by atoms with Gasteiger partial charge in [-0.05, 0) is 67.3 Å². The van der Waals surface area contributed by atoms with E-state index < -0.39 is 10.0 Å². The van der Waals surface area contributed by atoms with Gasteiger partial charge in [0.15, 0.2) is 0 Å². The van der Waals surface area contributed by atoms with Gasteiger partial charge in [0.05, 0.1) is 19.1 Å². The number of anilines is 1. The van der Waals surface area contributed by atoms with Crippen LogP contribution in [0.4, 0.5) is 5.69 Å². The molecule has 0 unspecified atom stereocenters. The van der Waals surface area contributed by atoms with Crippen LogP contribution in [0.2, 0.25) is 0 Å². The molecule has 0 spiro atoms. The summed E-state index contributed by atoms with van der Waals surface area (Å²) in [5, 5.41) is 0. The van der Waals surface area contributed by atoms with Crippen LogP contribution in [0, 0.1) is 0 Å². The van der Waals surface area contributed by atoms with Crippen molar-refractivity contribution in [3.63, 3.8) is 0 Å². The summed E-state index contributed by atoms with van der Waals surface area (Å²) in [6, 6.07) is 12.9. The third kappa shape index (κ3) is 5.90. The van der Waals surface area contributed by atoms with Gasteiger partial charge in [0.1, 0.15) is 11.5 Å². The predicted octanol–water partition coefficient (Wildman–Crippen LogP) is 3.16. The number of hydrogen-bond donors (Lipinski definition) is 0. The van der Waals surface area contributed by atoms with Crippen molar-refractivity contribution >= 4 is 21.6 Å². The van der Waals surface area contributed by atoms with Crippen LogP contribution in [-0.4, -0.2) is 77.0 Å². The molecule has 35 heavy (non-hydrogen) atoms. The zero-order chi connectivity index (χ0) is 24.8. The minimum atomic E-state index is -3.54. The average Bonchev–Trinajstić information content (AvgIpc) is 2.92. The third-order valence-corrected chi connectivity index (χ3v) is 8.78. The second-order valence-corrected chi connectivity index (χ2v) is 10.9. The SMILES string of the molecule is COc1ccc(N2CCN(C(=O)CCc3cc(S(=O)(=O)N4CCCCC4)ccc3OC)CC2)cc1. The summed E-state index contributed by atoms with van der Waals surface area (Å²) in [7, 11) is -0.318. The standard InChI is InChI=1S/C26H35N3O5S/c1-33-23-9-7-22(8-10-23)27-16-18-28(19-17-27)26(30)13-6-21-20-24(11-12-25(21)34-2)35(31,32)29-14-4-3-5-15-29/h7-12,20H,3-6,13-19H2,1-2H3. The lowest BCUT2D eigenvalue weighted by Crippen LogP contribution is -2.48. The lowest BCUT2D eigenvalue weighted by Gasteiger charge is -2.36. The highest BCUT2D eigenvalue weighted by Crippen LogP contribution is 2.28. The lowest BCUT2D eigenvalue weighted by molar-refractivity contribution is -0.131. The van der Waals surface area contributed by atoms with Gasteiger partial charge in [0.25, 0.3) is 0 Å². The van der Waals surface area contributed by atoms with Crippen molar-refractivity contribution in [1.82, 2.24) is 9.21 Å². The molecule has 2 aromatic carbocycles. The average molecular weight is 502 g/mol. The smallest absolute Gasteiger partial charge is 0.243 e. The Bertz CT molecular complexity index is 1110. The van der Waals surface area contributed by atoms with Gasteiger partial charge in [-0.3, -0.25) is 4.79 Å². The molecule has 0 bridgehead atoms. The Hall–Kier alpha value is -2.78. The number of nitrogens with zero attached hydrogens (tertiary/aromatic N) is 3. The molecule has 9 heteroatoms. The summed E-state index contributed by atoms with van der Waals surface area (Å²) in [6.45, 7) is 3.97. The number of carbonyl (C=O) groups is 1. The first-order valence-corrected chi connectivity index (χ1v) is 13.7. The zero-order valence-electron chi connectivity index (χ0n) is 20.6. The number of piperazine rings is 1. The highest BCUT2D eigenvalue weighted by atomic mass is 32.2. The van der Waals surface area contributed by atoms with E-state index in [9.17, 15) is 13.2 Å². The molecular weight excluding hydrogens is 466 g/mol. The van der Waals surface area contributed by atoms with Crippen molar-refractivity contribution < 1.29 is 22.7 Å². The molecule has 0 radical (unpaired) electrons. The Balaban J connectivity index is 1.36. The largest absolute Gasteiger partial charge is 0.497 e. The zero-order valence-corrected chi connectivity index (χ0v) is 21.4. The van der Waals surface area contributed by atoms with Crippen LogP contribution in [0.15, 0.2) is 47.4 Å². The monoisotopic (exact) mass is 501 g/mol. The molecule has 190 valence electrons. The molecule has 0 aromatic heterocycles. The van der Waals surface area contributed by atoms with Gasteiger partial charge in [-0.1, -0.05) is 6.42 Å². The van der Waals surface area contributed by atoms with E-state index >= 15 is 0 Å². The lowest BCUT2D eigenvalue weighted by atomic mass is 10.1. The first-order valence-electron chi connectivity index (χ1n) is 12.3. The summed E-state index contributed by atoms with van der Waals surface area (Å²) in [5.41, 5.74) is 1.87. The van der Waals surface area contributed by atoms with Gasteiger partial charge in [0.2, 0.25) is 15.9 Å². The Kier molecular flexibility index (Phi) is 8.18. The molecule has 2 fully saturated rings. The fourth-order valence-electron chi connectivity index (χ4n) is 4.77. The van der Waals surface area contributed by atoms with E-state index in [-0.39, 0.29) is 10.8 Å². The molecule has 2 aromatic rings. The molecule has 0 N–H and O–H groups in total. The Morgan fingerprint density at radius 2 is 1.54 bits per heavy atom. The molecule has 2 saturated heterocycles. The topological polar surface area (TPSA) is 79.4 Å². The van der Waals surface area contributed by atoms with Crippen LogP contribution in [0.5, 0.6) is 11.5 Å². The molecule has 2 aliphatic rings. The van der Waals surface area contributed by atoms with E-state index in [2.05, 4.69) is 4.90 Å². The van der Waals surface area contributed by atoms with Crippen molar-refractivity contribution in [2.75, 3.05) is 58.4 Å². The van der Waals surface area contributed by atoms with Gasteiger partial charge in [0, 0.05) is 51.4 Å². The van der Waals surface area contributed by atoms with Gasteiger partial charge in [-0.15, -0.1) is 0 Å². The van der Waals surface area contributed by atoms with E-state index in [4.69, 9.17) is 9.47 Å². The van der Waals surface area contributed by atoms with Crippen molar-refractivity contribution in [1.29, 1.82) is 0 Å². The minimum absolute atomic E-state index is 0.0747.